The Kier molecular flexibility index (Phi) is 6.22. The molecule has 0 bridgehead atoms. The minimum absolute atomic E-state index is 0.0669. The Balaban J connectivity index is 1.57. The Morgan fingerprint density at radius 2 is 1.75 bits per heavy atom. The summed E-state index contributed by atoms with van der Waals surface area (Å²) in [5.41, 5.74) is 2.46. The third-order valence-electron chi connectivity index (χ3n) is 4.24. The molecule has 1 aliphatic rings. The van der Waals surface area contributed by atoms with Gasteiger partial charge in [-0.2, -0.15) is 0 Å². The van der Waals surface area contributed by atoms with Crippen molar-refractivity contribution in [3.8, 4) is 0 Å². The van der Waals surface area contributed by atoms with Crippen LogP contribution in [0.3, 0.4) is 0 Å². The molecular weight excluding hydrogens is 354 g/mol. The van der Waals surface area contributed by atoms with Crippen molar-refractivity contribution in [1.82, 2.24) is 10.6 Å². The number of carbonyl (C=O) groups is 3. The van der Waals surface area contributed by atoms with Gasteiger partial charge in [0.05, 0.1) is 0 Å². The van der Waals surface area contributed by atoms with Crippen molar-refractivity contribution in [2.24, 2.45) is 0 Å². The summed E-state index contributed by atoms with van der Waals surface area (Å²) in [7, 11) is 0. The predicted octanol–water partition coefficient (Wildman–Crippen LogP) is 2.98. The highest BCUT2D eigenvalue weighted by Gasteiger charge is 2.23. The molecule has 6 heteroatoms. The molecule has 3 amide bonds. The van der Waals surface area contributed by atoms with Gasteiger partial charge in [-0.25, -0.2) is 0 Å². The number of carbonyl (C=O) groups excluding carboxylic acids is 3. The molecule has 0 radical (unpaired) electrons. The molecule has 0 aromatic heterocycles. The fraction of sp³-hybridized carbons (Fsp3) is 0.227. The number of rotatable bonds is 7. The van der Waals surface area contributed by atoms with Crippen molar-refractivity contribution in [1.29, 1.82) is 0 Å². The van der Waals surface area contributed by atoms with Crippen molar-refractivity contribution >= 4 is 29.5 Å². The number of hydrogen-bond donors (Lipinski definition) is 3. The van der Waals surface area contributed by atoms with Gasteiger partial charge in [0.2, 0.25) is 5.91 Å². The zero-order valence-corrected chi connectivity index (χ0v) is 15.7. The smallest absolute Gasteiger partial charge is 0.251 e. The second kappa shape index (κ2) is 8.99. The van der Waals surface area contributed by atoms with Gasteiger partial charge in [-0.05, 0) is 61.7 Å². The van der Waals surface area contributed by atoms with E-state index in [1.807, 2.05) is 6.92 Å². The van der Waals surface area contributed by atoms with Crippen molar-refractivity contribution < 1.29 is 14.4 Å². The molecule has 2 aromatic carbocycles. The van der Waals surface area contributed by atoms with Gasteiger partial charge in [0.25, 0.3) is 11.8 Å². The minimum Gasteiger partial charge on any atom is -0.352 e. The Morgan fingerprint density at radius 3 is 2.43 bits per heavy atom. The fourth-order valence-electron chi connectivity index (χ4n) is 2.60. The van der Waals surface area contributed by atoms with Gasteiger partial charge in [0.15, 0.2) is 0 Å². The lowest BCUT2D eigenvalue weighted by molar-refractivity contribution is -0.111. The van der Waals surface area contributed by atoms with Crippen LogP contribution in [0.25, 0.3) is 6.08 Å². The summed E-state index contributed by atoms with van der Waals surface area (Å²) in [6.45, 7) is 2.39. The maximum Gasteiger partial charge on any atom is 0.251 e. The molecule has 1 fully saturated rings. The summed E-state index contributed by atoms with van der Waals surface area (Å²) in [4.78, 5) is 36.0. The van der Waals surface area contributed by atoms with E-state index in [1.165, 1.54) is 6.08 Å². The maximum atomic E-state index is 12.1. The first-order valence-electron chi connectivity index (χ1n) is 9.33. The van der Waals surface area contributed by atoms with Gasteiger partial charge >= 0.3 is 0 Å². The first-order chi connectivity index (χ1) is 13.5. The summed E-state index contributed by atoms with van der Waals surface area (Å²) in [6, 6.07) is 14.2. The van der Waals surface area contributed by atoms with Crippen LogP contribution >= 0.6 is 0 Å². The van der Waals surface area contributed by atoms with E-state index in [4.69, 9.17) is 0 Å². The number of amides is 3. The molecule has 2 aromatic rings. The minimum atomic E-state index is -0.302. The van der Waals surface area contributed by atoms with Crippen molar-refractivity contribution in [3.05, 3.63) is 71.3 Å². The Morgan fingerprint density at radius 1 is 1.00 bits per heavy atom. The lowest BCUT2D eigenvalue weighted by atomic mass is 10.1. The third-order valence-corrected chi connectivity index (χ3v) is 4.24. The van der Waals surface area contributed by atoms with E-state index in [2.05, 4.69) is 16.0 Å². The highest BCUT2D eigenvalue weighted by atomic mass is 16.2. The summed E-state index contributed by atoms with van der Waals surface area (Å²) in [5.74, 6) is -0.550. The molecule has 1 aliphatic carbocycles. The van der Waals surface area contributed by atoms with Gasteiger partial charge in [-0.3, -0.25) is 14.4 Å². The first-order valence-corrected chi connectivity index (χ1v) is 9.33. The topological polar surface area (TPSA) is 87.3 Å². The Hall–Kier alpha value is -3.41. The largest absolute Gasteiger partial charge is 0.352 e. The number of anilines is 1. The number of benzene rings is 2. The fourth-order valence-corrected chi connectivity index (χ4v) is 2.60. The van der Waals surface area contributed by atoms with E-state index >= 15 is 0 Å². The van der Waals surface area contributed by atoms with E-state index in [1.54, 1.807) is 54.6 Å². The standard InChI is InChI=1S/C22H23N3O3/c1-2-23-21(27)17-4-3-5-19(14-17)24-20(26)13-8-15-6-9-16(10-7-15)22(28)25-18-11-12-18/h3-10,13-14,18H,2,11-12H2,1H3,(H,23,27)(H,24,26)(H,25,28)/b13-8+. The second-order valence-corrected chi connectivity index (χ2v) is 6.63. The van der Waals surface area contributed by atoms with Gasteiger partial charge < -0.3 is 16.0 Å². The van der Waals surface area contributed by atoms with E-state index in [0.29, 0.717) is 29.4 Å². The van der Waals surface area contributed by atoms with Gasteiger partial charge in [-0.15, -0.1) is 0 Å². The van der Waals surface area contributed by atoms with Gasteiger partial charge in [0.1, 0.15) is 0 Å². The molecule has 0 spiro atoms. The molecule has 0 atom stereocenters. The van der Waals surface area contributed by atoms with E-state index in [9.17, 15) is 14.4 Å². The van der Waals surface area contributed by atoms with Crippen LogP contribution in [0.5, 0.6) is 0 Å². The lowest BCUT2D eigenvalue weighted by Gasteiger charge is -2.06. The average Bonchev–Trinajstić information content (AvgIpc) is 3.51. The number of nitrogens with one attached hydrogen (secondary N) is 3. The van der Waals surface area contributed by atoms with Crippen LogP contribution < -0.4 is 16.0 Å². The molecule has 6 nitrogen and oxygen atoms in total. The summed E-state index contributed by atoms with van der Waals surface area (Å²) in [6.07, 6.45) is 5.19. The van der Waals surface area contributed by atoms with Crippen molar-refractivity contribution in [3.63, 3.8) is 0 Å². The quantitative estimate of drug-likeness (QED) is 0.648. The van der Waals surface area contributed by atoms with E-state index in [0.717, 1.165) is 18.4 Å². The highest BCUT2D eigenvalue weighted by molar-refractivity contribution is 6.03. The summed E-state index contributed by atoms with van der Waals surface area (Å²) >= 11 is 0. The van der Waals surface area contributed by atoms with Crippen LogP contribution in [0.1, 0.15) is 46.0 Å². The monoisotopic (exact) mass is 377 g/mol. The third kappa shape index (κ3) is 5.54. The van der Waals surface area contributed by atoms with E-state index < -0.39 is 0 Å². The number of hydrogen-bond acceptors (Lipinski definition) is 3. The zero-order valence-electron chi connectivity index (χ0n) is 15.7. The summed E-state index contributed by atoms with van der Waals surface area (Å²) in [5, 5.41) is 8.40. The molecule has 0 unspecified atom stereocenters. The van der Waals surface area contributed by atoms with Crippen molar-refractivity contribution in [2.75, 3.05) is 11.9 Å². The van der Waals surface area contributed by atoms with Crippen LogP contribution in [0.2, 0.25) is 0 Å². The van der Waals surface area contributed by atoms with Crippen LogP contribution in [-0.4, -0.2) is 30.3 Å². The maximum absolute atomic E-state index is 12.1. The molecule has 0 saturated heterocycles. The van der Waals surface area contributed by atoms with Crippen molar-refractivity contribution in [2.45, 2.75) is 25.8 Å². The predicted molar refractivity (Wildman–Crippen MR) is 109 cm³/mol. The van der Waals surface area contributed by atoms with E-state index in [-0.39, 0.29) is 17.7 Å². The van der Waals surface area contributed by atoms with Crippen LogP contribution in [0.4, 0.5) is 5.69 Å². The van der Waals surface area contributed by atoms with Crippen LogP contribution in [0, 0.1) is 0 Å². The molecule has 3 rings (SSSR count). The molecule has 3 N–H and O–H groups in total. The molecule has 0 aliphatic heterocycles. The zero-order chi connectivity index (χ0) is 19.9. The molecular formula is C22H23N3O3. The lowest BCUT2D eigenvalue weighted by Crippen LogP contribution is -2.25. The summed E-state index contributed by atoms with van der Waals surface area (Å²) < 4.78 is 0. The molecule has 144 valence electrons. The molecule has 28 heavy (non-hydrogen) atoms. The Bertz CT molecular complexity index is 899. The van der Waals surface area contributed by atoms with Crippen LogP contribution in [-0.2, 0) is 4.79 Å². The first kappa shape index (κ1) is 19.4. The normalized spacial score (nSPS) is 13.2. The highest BCUT2D eigenvalue weighted by Crippen LogP contribution is 2.19. The van der Waals surface area contributed by atoms with Gasteiger partial charge in [-0.1, -0.05) is 18.2 Å². The molecule has 0 heterocycles. The molecule has 1 saturated carbocycles. The van der Waals surface area contributed by atoms with Crippen LogP contribution in [0.15, 0.2) is 54.6 Å². The second-order valence-electron chi connectivity index (χ2n) is 6.63. The van der Waals surface area contributed by atoms with Gasteiger partial charge in [0, 0.05) is 35.5 Å². The SMILES string of the molecule is CCNC(=O)c1cccc(NC(=O)/C=C/c2ccc(C(=O)NC3CC3)cc2)c1. The average molecular weight is 377 g/mol. The Labute approximate surface area is 164 Å².